The number of rotatable bonds is 3. The van der Waals surface area contributed by atoms with Crippen LogP contribution in [0.25, 0.3) is 0 Å². The molecule has 1 amide bonds. The average Bonchev–Trinajstić information content (AvgIpc) is 2.69. The zero-order valence-electron chi connectivity index (χ0n) is 12.0. The molecule has 1 unspecified atom stereocenters. The standard InChI is InChI=1S/C16H24N2O/c1-13-4-6-15(7-5-13)12-14(2)16(19)18-10-3-8-17-9-11-18/h4-7,14,17H,3,8-12H2,1-2H3. The van der Waals surface area contributed by atoms with Gasteiger partial charge in [0.25, 0.3) is 0 Å². The maximum atomic E-state index is 12.4. The van der Waals surface area contributed by atoms with Crippen LogP contribution in [0, 0.1) is 12.8 Å². The number of hydrogen-bond donors (Lipinski definition) is 1. The largest absolute Gasteiger partial charge is 0.341 e. The van der Waals surface area contributed by atoms with Gasteiger partial charge in [-0.05, 0) is 31.9 Å². The van der Waals surface area contributed by atoms with Gasteiger partial charge in [-0.1, -0.05) is 36.8 Å². The average molecular weight is 260 g/mol. The first-order valence-electron chi connectivity index (χ1n) is 7.22. The second-order valence-electron chi connectivity index (χ2n) is 5.52. The molecule has 1 aliphatic rings. The third-order valence-corrected chi connectivity index (χ3v) is 3.74. The maximum Gasteiger partial charge on any atom is 0.225 e. The van der Waals surface area contributed by atoms with Crippen LogP contribution in [0.15, 0.2) is 24.3 Å². The molecule has 0 radical (unpaired) electrons. The first-order valence-corrected chi connectivity index (χ1v) is 7.22. The normalized spacial score (nSPS) is 17.9. The molecule has 1 atom stereocenters. The van der Waals surface area contributed by atoms with E-state index in [4.69, 9.17) is 0 Å². The van der Waals surface area contributed by atoms with Gasteiger partial charge in [-0.15, -0.1) is 0 Å². The van der Waals surface area contributed by atoms with Gasteiger partial charge < -0.3 is 10.2 Å². The summed E-state index contributed by atoms with van der Waals surface area (Å²) in [6.07, 6.45) is 1.89. The van der Waals surface area contributed by atoms with E-state index < -0.39 is 0 Å². The summed E-state index contributed by atoms with van der Waals surface area (Å²) in [5, 5.41) is 3.33. The monoisotopic (exact) mass is 260 g/mol. The lowest BCUT2D eigenvalue weighted by Gasteiger charge is -2.24. The Hall–Kier alpha value is -1.35. The fourth-order valence-electron chi connectivity index (χ4n) is 2.54. The smallest absolute Gasteiger partial charge is 0.225 e. The predicted octanol–water partition coefficient (Wildman–Crippen LogP) is 2.00. The number of hydrogen-bond acceptors (Lipinski definition) is 2. The Morgan fingerprint density at radius 3 is 2.74 bits per heavy atom. The van der Waals surface area contributed by atoms with Gasteiger partial charge in [0.15, 0.2) is 0 Å². The number of aryl methyl sites for hydroxylation is 1. The summed E-state index contributed by atoms with van der Waals surface area (Å²) >= 11 is 0. The minimum atomic E-state index is 0.0702. The molecule has 1 heterocycles. The highest BCUT2D eigenvalue weighted by Gasteiger charge is 2.21. The van der Waals surface area contributed by atoms with Crippen molar-refractivity contribution in [2.75, 3.05) is 26.2 Å². The molecule has 1 saturated heterocycles. The summed E-state index contributed by atoms with van der Waals surface area (Å²) in [6.45, 7) is 7.81. The zero-order valence-corrected chi connectivity index (χ0v) is 12.0. The van der Waals surface area contributed by atoms with Crippen molar-refractivity contribution in [3.63, 3.8) is 0 Å². The van der Waals surface area contributed by atoms with E-state index in [1.54, 1.807) is 0 Å². The molecule has 0 aliphatic carbocycles. The highest BCUT2D eigenvalue weighted by molar-refractivity contribution is 5.78. The van der Waals surface area contributed by atoms with E-state index in [1.165, 1.54) is 11.1 Å². The van der Waals surface area contributed by atoms with E-state index in [-0.39, 0.29) is 5.92 Å². The van der Waals surface area contributed by atoms with Crippen LogP contribution in [-0.2, 0) is 11.2 Å². The fourth-order valence-corrected chi connectivity index (χ4v) is 2.54. The third kappa shape index (κ3) is 4.06. The molecule has 3 nitrogen and oxygen atoms in total. The van der Waals surface area contributed by atoms with Crippen molar-refractivity contribution in [3.05, 3.63) is 35.4 Å². The molecule has 1 fully saturated rings. The molecule has 0 spiro atoms. The molecular formula is C16H24N2O. The highest BCUT2D eigenvalue weighted by Crippen LogP contribution is 2.13. The van der Waals surface area contributed by atoms with E-state index in [0.29, 0.717) is 5.91 Å². The zero-order chi connectivity index (χ0) is 13.7. The number of carbonyl (C=O) groups is 1. The minimum absolute atomic E-state index is 0.0702. The summed E-state index contributed by atoms with van der Waals surface area (Å²) in [5.74, 6) is 0.366. The molecule has 0 aromatic heterocycles. The lowest BCUT2D eigenvalue weighted by molar-refractivity contribution is -0.134. The molecule has 19 heavy (non-hydrogen) atoms. The molecule has 1 aliphatic heterocycles. The summed E-state index contributed by atoms with van der Waals surface area (Å²) in [4.78, 5) is 14.4. The molecule has 2 rings (SSSR count). The van der Waals surface area contributed by atoms with Gasteiger partial charge in [0.05, 0.1) is 0 Å². The van der Waals surface area contributed by atoms with Crippen molar-refractivity contribution in [2.24, 2.45) is 5.92 Å². The Morgan fingerprint density at radius 1 is 1.26 bits per heavy atom. The quantitative estimate of drug-likeness (QED) is 0.901. The Kier molecular flexibility index (Phi) is 4.97. The molecule has 0 saturated carbocycles. The van der Waals surface area contributed by atoms with Gasteiger partial charge in [-0.25, -0.2) is 0 Å². The Morgan fingerprint density at radius 2 is 2.00 bits per heavy atom. The Labute approximate surface area is 116 Å². The topological polar surface area (TPSA) is 32.3 Å². The number of benzene rings is 1. The van der Waals surface area contributed by atoms with Gasteiger partial charge in [0, 0.05) is 25.6 Å². The second-order valence-corrected chi connectivity index (χ2v) is 5.52. The van der Waals surface area contributed by atoms with Crippen molar-refractivity contribution in [2.45, 2.75) is 26.7 Å². The van der Waals surface area contributed by atoms with Crippen LogP contribution in [0.2, 0.25) is 0 Å². The highest BCUT2D eigenvalue weighted by atomic mass is 16.2. The summed E-state index contributed by atoms with van der Waals surface area (Å²) < 4.78 is 0. The summed E-state index contributed by atoms with van der Waals surface area (Å²) in [5.41, 5.74) is 2.51. The van der Waals surface area contributed by atoms with Crippen LogP contribution in [0.3, 0.4) is 0 Å². The molecular weight excluding hydrogens is 236 g/mol. The predicted molar refractivity (Wildman–Crippen MR) is 78.1 cm³/mol. The van der Waals surface area contributed by atoms with E-state index in [2.05, 4.69) is 36.5 Å². The van der Waals surface area contributed by atoms with Gasteiger partial charge in [-0.2, -0.15) is 0 Å². The van der Waals surface area contributed by atoms with Crippen LogP contribution in [0.1, 0.15) is 24.5 Å². The Balaban J connectivity index is 1.92. The van der Waals surface area contributed by atoms with E-state index in [0.717, 1.165) is 39.0 Å². The van der Waals surface area contributed by atoms with Crippen molar-refractivity contribution in [1.29, 1.82) is 0 Å². The fraction of sp³-hybridized carbons (Fsp3) is 0.562. The molecule has 104 valence electrons. The third-order valence-electron chi connectivity index (χ3n) is 3.74. The molecule has 1 aromatic rings. The molecule has 3 heteroatoms. The van der Waals surface area contributed by atoms with Crippen LogP contribution in [-0.4, -0.2) is 37.0 Å². The van der Waals surface area contributed by atoms with Crippen LogP contribution >= 0.6 is 0 Å². The van der Waals surface area contributed by atoms with Crippen LogP contribution in [0.4, 0.5) is 0 Å². The molecule has 1 aromatic carbocycles. The van der Waals surface area contributed by atoms with Gasteiger partial charge in [-0.3, -0.25) is 4.79 Å². The minimum Gasteiger partial charge on any atom is -0.341 e. The van der Waals surface area contributed by atoms with Crippen LogP contribution < -0.4 is 5.32 Å². The lowest BCUT2D eigenvalue weighted by Crippen LogP contribution is -2.38. The van der Waals surface area contributed by atoms with Gasteiger partial charge >= 0.3 is 0 Å². The summed E-state index contributed by atoms with van der Waals surface area (Å²) in [7, 11) is 0. The molecule has 1 N–H and O–H groups in total. The first kappa shape index (κ1) is 14.1. The lowest BCUT2D eigenvalue weighted by atomic mass is 9.99. The number of carbonyl (C=O) groups excluding carboxylic acids is 1. The van der Waals surface area contributed by atoms with Crippen LogP contribution in [0.5, 0.6) is 0 Å². The number of nitrogens with zero attached hydrogens (tertiary/aromatic N) is 1. The van der Waals surface area contributed by atoms with Crippen molar-refractivity contribution < 1.29 is 4.79 Å². The first-order chi connectivity index (χ1) is 9.16. The van der Waals surface area contributed by atoms with Crippen molar-refractivity contribution in [3.8, 4) is 0 Å². The maximum absolute atomic E-state index is 12.4. The number of amides is 1. The molecule has 0 bridgehead atoms. The SMILES string of the molecule is Cc1ccc(CC(C)C(=O)N2CCCNCC2)cc1. The van der Waals surface area contributed by atoms with E-state index in [9.17, 15) is 4.79 Å². The number of nitrogens with one attached hydrogen (secondary N) is 1. The van der Waals surface area contributed by atoms with E-state index >= 15 is 0 Å². The van der Waals surface area contributed by atoms with Gasteiger partial charge in [0.1, 0.15) is 0 Å². The summed E-state index contributed by atoms with van der Waals surface area (Å²) in [6, 6.07) is 8.48. The van der Waals surface area contributed by atoms with Gasteiger partial charge in [0.2, 0.25) is 5.91 Å². The van der Waals surface area contributed by atoms with Crippen molar-refractivity contribution >= 4 is 5.91 Å². The van der Waals surface area contributed by atoms with E-state index in [1.807, 2.05) is 11.8 Å². The second kappa shape index (κ2) is 6.71. The Bertz CT molecular complexity index is 405. The van der Waals surface area contributed by atoms with Crippen molar-refractivity contribution in [1.82, 2.24) is 10.2 Å².